The first-order chi connectivity index (χ1) is 12.4. The predicted molar refractivity (Wildman–Crippen MR) is 97.7 cm³/mol. The molecule has 2 heterocycles. The number of hydrogen-bond acceptors (Lipinski definition) is 7. The second kappa shape index (κ2) is 8.30. The molecule has 2 aromatic heterocycles. The third kappa shape index (κ3) is 5.14. The zero-order chi connectivity index (χ0) is 18.6. The molecule has 0 unspecified atom stereocenters. The molecule has 144 valence electrons. The Balaban J connectivity index is 1.72. The van der Waals surface area contributed by atoms with Gasteiger partial charge in [-0.25, -0.2) is 4.98 Å². The van der Waals surface area contributed by atoms with E-state index < -0.39 is 13.9 Å². The number of fused-ring (bicyclic) bond motifs is 1. The zero-order valence-electron chi connectivity index (χ0n) is 14.5. The van der Waals surface area contributed by atoms with E-state index in [1.165, 1.54) is 25.7 Å². The molecule has 2 aromatic rings. The molecule has 0 bridgehead atoms. The molecule has 1 fully saturated rings. The lowest BCUT2D eigenvalue weighted by Gasteiger charge is -2.17. The minimum atomic E-state index is -4.16. The number of nitrogen functional groups attached to an aromatic ring is 1. The highest BCUT2D eigenvalue weighted by atomic mass is 31.2. The summed E-state index contributed by atoms with van der Waals surface area (Å²) in [5.41, 5.74) is 7.08. The lowest BCUT2D eigenvalue weighted by atomic mass is 10.1. The summed E-state index contributed by atoms with van der Waals surface area (Å²) in [5, 5.41) is 3.46. The van der Waals surface area contributed by atoms with Gasteiger partial charge in [0.1, 0.15) is 6.35 Å². The van der Waals surface area contributed by atoms with Gasteiger partial charge in [-0.1, -0.05) is 25.7 Å². The van der Waals surface area contributed by atoms with Crippen LogP contribution in [0.3, 0.4) is 0 Å². The van der Waals surface area contributed by atoms with Gasteiger partial charge in [-0.15, -0.1) is 0 Å². The molecule has 0 atom stereocenters. The van der Waals surface area contributed by atoms with Crippen molar-refractivity contribution < 1.29 is 19.1 Å². The Hall–Kier alpha value is -1.74. The maximum Gasteiger partial charge on any atom is 0.350 e. The molecule has 3 rings (SSSR count). The Morgan fingerprint density at radius 2 is 2.00 bits per heavy atom. The fourth-order valence-corrected chi connectivity index (χ4v) is 3.56. The highest BCUT2D eigenvalue weighted by molar-refractivity contribution is 7.51. The minimum absolute atomic E-state index is 0.131. The van der Waals surface area contributed by atoms with E-state index >= 15 is 0 Å². The molecular weight excluding hydrogens is 359 g/mol. The van der Waals surface area contributed by atoms with Gasteiger partial charge < -0.3 is 30.1 Å². The van der Waals surface area contributed by atoms with E-state index in [1.54, 1.807) is 10.9 Å². The van der Waals surface area contributed by atoms with Crippen LogP contribution in [0.4, 0.5) is 11.8 Å². The lowest BCUT2D eigenvalue weighted by Crippen LogP contribution is -2.20. The van der Waals surface area contributed by atoms with Gasteiger partial charge in [0.2, 0.25) is 5.95 Å². The molecule has 1 aliphatic rings. The Kier molecular flexibility index (Phi) is 6.08. The number of imidazole rings is 1. The number of nitrogens with two attached hydrogens (primary N) is 1. The molecule has 11 heteroatoms. The van der Waals surface area contributed by atoms with Gasteiger partial charge in [0.05, 0.1) is 12.9 Å². The van der Waals surface area contributed by atoms with Crippen LogP contribution < -0.4 is 11.1 Å². The summed E-state index contributed by atoms with van der Waals surface area (Å²) < 4.78 is 17.6. The summed E-state index contributed by atoms with van der Waals surface area (Å²) in [6, 6.07) is 0.353. The first-order valence-electron chi connectivity index (χ1n) is 8.79. The highest BCUT2D eigenvalue weighted by Crippen LogP contribution is 2.33. The third-order valence-electron chi connectivity index (χ3n) is 4.41. The van der Waals surface area contributed by atoms with E-state index in [-0.39, 0.29) is 12.6 Å². The standard InChI is InChI=1S/C15H25N6O4P/c16-15-19-13(18-11-5-3-1-2-4-6-11)12-14(20-15)21(9-17-12)7-8-25-10-26(22,23)24/h9,11H,1-8,10H2,(H2,22,23,24)(H3,16,18,19,20). The SMILES string of the molecule is Nc1nc(NC2CCCCCC2)c2ncn(CCOCP(=O)(O)O)c2n1. The van der Waals surface area contributed by atoms with Crippen LogP contribution >= 0.6 is 7.60 Å². The maximum absolute atomic E-state index is 10.8. The Morgan fingerprint density at radius 3 is 2.69 bits per heavy atom. The van der Waals surface area contributed by atoms with E-state index in [0.29, 0.717) is 29.6 Å². The van der Waals surface area contributed by atoms with Crippen LogP contribution in [-0.2, 0) is 15.8 Å². The molecule has 0 aromatic carbocycles. The minimum Gasteiger partial charge on any atom is -0.368 e. The average Bonchev–Trinajstić information content (AvgIpc) is 2.78. The summed E-state index contributed by atoms with van der Waals surface area (Å²) in [4.78, 5) is 30.6. The number of rotatable bonds is 7. The van der Waals surface area contributed by atoms with Gasteiger partial charge in [0, 0.05) is 12.6 Å². The second-order valence-corrected chi connectivity index (χ2v) is 8.16. The zero-order valence-corrected chi connectivity index (χ0v) is 15.4. The largest absolute Gasteiger partial charge is 0.368 e. The highest BCUT2D eigenvalue weighted by Gasteiger charge is 2.18. The quantitative estimate of drug-likeness (QED) is 0.318. The third-order valence-corrected chi connectivity index (χ3v) is 4.93. The van der Waals surface area contributed by atoms with Crippen molar-refractivity contribution in [2.24, 2.45) is 0 Å². The van der Waals surface area contributed by atoms with Gasteiger partial charge in [-0.3, -0.25) is 4.57 Å². The van der Waals surface area contributed by atoms with Crippen LogP contribution in [0.2, 0.25) is 0 Å². The predicted octanol–water partition coefficient (Wildman–Crippen LogP) is 1.70. The molecule has 1 aliphatic carbocycles. The molecule has 26 heavy (non-hydrogen) atoms. The van der Waals surface area contributed by atoms with Crippen LogP contribution in [0.25, 0.3) is 11.2 Å². The van der Waals surface area contributed by atoms with Crippen molar-refractivity contribution in [2.45, 2.75) is 51.1 Å². The van der Waals surface area contributed by atoms with Crippen LogP contribution in [0.5, 0.6) is 0 Å². The maximum atomic E-state index is 10.8. The molecular formula is C15H25N6O4P. The van der Waals surface area contributed by atoms with Crippen molar-refractivity contribution in [1.29, 1.82) is 0 Å². The fraction of sp³-hybridized carbons (Fsp3) is 0.667. The first kappa shape index (κ1) is 19.0. The Morgan fingerprint density at radius 1 is 1.27 bits per heavy atom. The normalized spacial score (nSPS) is 16.7. The number of ether oxygens (including phenoxy) is 1. The number of anilines is 2. The summed E-state index contributed by atoms with van der Waals surface area (Å²) in [6.07, 6.45) is 8.14. The summed E-state index contributed by atoms with van der Waals surface area (Å²) >= 11 is 0. The lowest BCUT2D eigenvalue weighted by molar-refractivity contribution is 0.149. The van der Waals surface area contributed by atoms with Crippen molar-refractivity contribution in [1.82, 2.24) is 19.5 Å². The van der Waals surface area contributed by atoms with Crippen molar-refractivity contribution in [3.8, 4) is 0 Å². The number of aromatic nitrogens is 4. The van der Waals surface area contributed by atoms with Crippen molar-refractivity contribution in [2.75, 3.05) is 24.0 Å². The molecule has 5 N–H and O–H groups in total. The van der Waals surface area contributed by atoms with E-state index in [4.69, 9.17) is 20.3 Å². The Bertz CT molecular complexity index is 784. The molecule has 1 saturated carbocycles. The monoisotopic (exact) mass is 384 g/mol. The molecule has 10 nitrogen and oxygen atoms in total. The molecule has 0 spiro atoms. The first-order valence-corrected chi connectivity index (χ1v) is 10.6. The summed E-state index contributed by atoms with van der Waals surface area (Å²) in [6.45, 7) is 0.488. The second-order valence-electron chi connectivity index (χ2n) is 6.58. The van der Waals surface area contributed by atoms with Crippen molar-refractivity contribution >= 4 is 30.5 Å². The van der Waals surface area contributed by atoms with Crippen molar-refractivity contribution in [3.05, 3.63) is 6.33 Å². The van der Waals surface area contributed by atoms with Gasteiger partial charge in [0.25, 0.3) is 0 Å². The van der Waals surface area contributed by atoms with Crippen LogP contribution in [0, 0.1) is 0 Å². The van der Waals surface area contributed by atoms with Crippen LogP contribution in [0.15, 0.2) is 6.33 Å². The molecule has 0 aliphatic heterocycles. The van der Waals surface area contributed by atoms with E-state index in [2.05, 4.69) is 20.3 Å². The molecule has 0 amide bonds. The van der Waals surface area contributed by atoms with Gasteiger partial charge >= 0.3 is 7.60 Å². The van der Waals surface area contributed by atoms with E-state index in [9.17, 15) is 4.57 Å². The Labute approximate surface area is 151 Å². The van der Waals surface area contributed by atoms with Crippen molar-refractivity contribution in [3.63, 3.8) is 0 Å². The molecule has 0 radical (unpaired) electrons. The number of nitrogens with one attached hydrogen (secondary N) is 1. The average molecular weight is 384 g/mol. The van der Waals surface area contributed by atoms with E-state index in [1.807, 2.05) is 0 Å². The van der Waals surface area contributed by atoms with Gasteiger partial charge in [-0.2, -0.15) is 9.97 Å². The smallest absolute Gasteiger partial charge is 0.350 e. The van der Waals surface area contributed by atoms with Gasteiger partial charge in [-0.05, 0) is 12.8 Å². The molecule has 0 saturated heterocycles. The topological polar surface area (TPSA) is 148 Å². The summed E-state index contributed by atoms with van der Waals surface area (Å²) in [7, 11) is -4.16. The number of nitrogens with zero attached hydrogens (tertiary/aromatic N) is 4. The fourth-order valence-electron chi connectivity index (χ4n) is 3.19. The number of hydrogen-bond donors (Lipinski definition) is 4. The van der Waals surface area contributed by atoms with Crippen LogP contribution in [0.1, 0.15) is 38.5 Å². The summed E-state index contributed by atoms with van der Waals surface area (Å²) in [5.74, 6) is 0.792. The van der Waals surface area contributed by atoms with Crippen LogP contribution in [-0.4, -0.2) is 48.3 Å². The van der Waals surface area contributed by atoms with Gasteiger partial charge in [0.15, 0.2) is 17.0 Å². The van der Waals surface area contributed by atoms with E-state index in [0.717, 1.165) is 12.8 Å².